The number of hydrogen-bond acceptors (Lipinski definition) is 2. The molecule has 0 rings (SSSR count). The summed E-state index contributed by atoms with van der Waals surface area (Å²) >= 11 is 0. The molecule has 2 nitrogen and oxygen atoms in total. The molecular weight excluding hydrogens is 224 g/mol. The van der Waals surface area contributed by atoms with Gasteiger partial charge in [-0.25, -0.2) is 0 Å². The van der Waals surface area contributed by atoms with Crippen molar-refractivity contribution in [2.75, 3.05) is 0 Å². The molecule has 0 heterocycles. The molecule has 0 aliphatic rings. The maximum atomic E-state index is 5.93. The molecule has 0 aliphatic heterocycles. The van der Waals surface area contributed by atoms with E-state index in [-0.39, 0.29) is 0 Å². The lowest BCUT2D eigenvalue weighted by Gasteiger charge is -2.18. The molecule has 0 aliphatic carbocycles. The van der Waals surface area contributed by atoms with Crippen LogP contribution in [0.1, 0.15) is 20.8 Å². The monoisotopic (exact) mass is 245 g/mol. The van der Waals surface area contributed by atoms with Crippen molar-refractivity contribution in [2.24, 2.45) is 0 Å². The van der Waals surface area contributed by atoms with Crippen molar-refractivity contribution in [3.8, 4) is 0 Å². The fourth-order valence-electron chi connectivity index (χ4n) is 0.713. The van der Waals surface area contributed by atoms with Crippen molar-refractivity contribution in [3.63, 3.8) is 0 Å². The third-order valence-corrected chi connectivity index (χ3v) is 8.84. The molecule has 81 valence electrons. The average Bonchev–Trinajstić information content (AvgIpc) is 2.17. The minimum absolute atomic E-state index is 0.617. The Morgan fingerprint density at radius 2 is 1.43 bits per heavy atom. The Balaban J connectivity index is 4.01. The molecule has 5 heteroatoms. The van der Waals surface area contributed by atoms with Gasteiger partial charge in [0.2, 0.25) is 0 Å². The summed E-state index contributed by atoms with van der Waals surface area (Å²) in [5, 5.41) is 0. The van der Waals surface area contributed by atoms with E-state index in [1.165, 1.54) is 0 Å². The molecule has 14 heavy (non-hydrogen) atoms. The summed E-state index contributed by atoms with van der Waals surface area (Å²) in [7, 11) is -2.34. The van der Waals surface area contributed by atoms with Gasteiger partial charge in [0.05, 0.1) is 0 Å². The van der Waals surface area contributed by atoms with E-state index < -0.39 is 27.4 Å². The van der Waals surface area contributed by atoms with E-state index in [0.717, 1.165) is 12.1 Å². The van der Waals surface area contributed by atoms with E-state index in [2.05, 4.69) is 32.6 Å². The highest BCUT2D eigenvalue weighted by atomic mass is 28.4. The van der Waals surface area contributed by atoms with Crippen LogP contribution in [0.2, 0.25) is 25.2 Å². The largest absolute Gasteiger partial charge is 0.432 e. The summed E-state index contributed by atoms with van der Waals surface area (Å²) < 4.78 is 11.9. The van der Waals surface area contributed by atoms with Crippen molar-refractivity contribution >= 4 is 27.4 Å². The Kier molecular flexibility index (Phi) is 8.80. The lowest BCUT2D eigenvalue weighted by molar-refractivity contribution is 0.450. The lowest BCUT2D eigenvalue weighted by Crippen LogP contribution is -2.32. The zero-order chi connectivity index (χ0) is 11.0. The van der Waals surface area contributed by atoms with Crippen molar-refractivity contribution < 1.29 is 8.23 Å². The van der Waals surface area contributed by atoms with Gasteiger partial charge in [0, 0.05) is 0 Å². The van der Waals surface area contributed by atoms with Crippen LogP contribution in [0, 0.1) is 0 Å². The summed E-state index contributed by atoms with van der Waals surface area (Å²) in [5.41, 5.74) is 2.11. The summed E-state index contributed by atoms with van der Waals surface area (Å²) in [6.07, 6.45) is 2.05. The highest BCUT2D eigenvalue weighted by Crippen LogP contribution is 2.03. The maximum absolute atomic E-state index is 5.93. The Labute approximate surface area is 93.6 Å². The zero-order valence-corrected chi connectivity index (χ0v) is 12.9. The molecule has 0 aromatic heterocycles. The van der Waals surface area contributed by atoms with Crippen LogP contribution < -0.4 is 0 Å². The van der Waals surface area contributed by atoms with Crippen LogP contribution in [-0.4, -0.2) is 27.4 Å². The molecule has 0 atom stereocenters. The molecule has 0 bridgehead atoms. The maximum Gasteiger partial charge on any atom is 0.393 e. The Morgan fingerprint density at radius 1 is 1.00 bits per heavy atom. The molecular formula is C9H21O2Si3. The van der Waals surface area contributed by atoms with Gasteiger partial charge in [-0.1, -0.05) is 19.9 Å². The van der Waals surface area contributed by atoms with Crippen LogP contribution in [0.25, 0.3) is 0 Å². The second-order valence-corrected chi connectivity index (χ2v) is 9.96. The Hall–Kier alpha value is 0.311. The first-order chi connectivity index (χ1) is 6.63. The molecule has 0 unspecified atom stereocenters. The number of rotatable bonds is 7. The fraction of sp³-hybridized carbons (Fsp3) is 0.778. The predicted octanol–water partition coefficient (Wildman–Crippen LogP) is 2.91. The van der Waals surface area contributed by atoms with Crippen LogP contribution >= 0.6 is 0 Å². The van der Waals surface area contributed by atoms with Crippen LogP contribution in [0.4, 0.5) is 0 Å². The zero-order valence-electron chi connectivity index (χ0n) is 9.89. The van der Waals surface area contributed by atoms with Gasteiger partial charge in [-0.3, -0.25) is 0 Å². The molecule has 0 aromatic rings. The van der Waals surface area contributed by atoms with Crippen molar-refractivity contribution in [1.82, 2.24) is 0 Å². The van der Waals surface area contributed by atoms with Gasteiger partial charge in [0.1, 0.15) is 0 Å². The average molecular weight is 246 g/mol. The molecule has 0 saturated carbocycles. The quantitative estimate of drug-likeness (QED) is 0.642. The molecule has 0 N–H and O–H groups in total. The predicted molar refractivity (Wildman–Crippen MR) is 66.9 cm³/mol. The van der Waals surface area contributed by atoms with Crippen molar-refractivity contribution in [3.05, 3.63) is 11.8 Å². The van der Waals surface area contributed by atoms with Crippen molar-refractivity contribution in [2.45, 2.75) is 46.0 Å². The van der Waals surface area contributed by atoms with E-state index in [0.29, 0.717) is 0 Å². The smallest absolute Gasteiger partial charge is 0.393 e. The van der Waals surface area contributed by atoms with Gasteiger partial charge >= 0.3 is 9.28 Å². The minimum Gasteiger partial charge on any atom is -0.432 e. The van der Waals surface area contributed by atoms with Crippen molar-refractivity contribution in [1.29, 1.82) is 0 Å². The summed E-state index contributed by atoms with van der Waals surface area (Å²) in [5.74, 6) is 0. The Bertz CT molecular complexity index is 152. The van der Waals surface area contributed by atoms with Gasteiger partial charge in [-0.2, -0.15) is 0 Å². The Morgan fingerprint density at radius 3 is 1.71 bits per heavy atom. The highest BCUT2D eigenvalue weighted by Gasteiger charge is 2.18. The lowest BCUT2D eigenvalue weighted by atomic mass is 10.8. The van der Waals surface area contributed by atoms with Gasteiger partial charge in [0.15, 0.2) is 18.1 Å². The molecule has 3 radical (unpaired) electrons. The van der Waals surface area contributed by atoms with E-state index in [4.69, 9.17) is 8.23 Å². The first-order valence-electron chi connectivity index (χ1n) is 5.14. The van der Waals surface area contributed by atoms with Crippen LogP contribution in [0.15, 0.2) is 11.8 Å². The molecule has 0 spiro atoms. The van der Waals surface area contributed by atoms with E-state index in [9.17, 15) is 0 Å². The van der Waals surface area contributed by atoms with Gasteiger partial charge in [0.25, 0.3) is 0 Å². The third-order valence-electron chi connectivity index (χ3n) is 1.85. The third kappa shape index (κ3) is 6.72. The van der Waals surface area contributed by atoms with Gasteiger partial charge in [-0.05, 0) is 37.8 Å². The van der Waals surface area contributed by atoms with E-state index >= 15 is 0 Å². The van der Waals surface area contributed by atoms with E-state index in [1.807, 2.05) is 13.0 Å². The van der Waals surface area contributed by atoms with Gasteiger partial charge < -0.3 is 8.23 Å². The fourth-order valence-corrected chi connectivity index (χ4v) is 5.97. The van der Waals surface area contributed by atoms with Crippen LogP contribution in [0.5, 0.6) is 0 Å². The molecule has 0 saturated heterocycles. The topological polar surface area (TPSA) is 18.5 Å². The summed E-state index contributed by atoms with van der Waals surface area (Å²) in [6, 6.07) is 2.30. The van der Waals surface area contributed by atoms with Gasteiger partial charge in [-0.15, -0.1) is 0 Å². The second-order valence-electron chi connectivity index (χ2n) is 3.13. The highest BCUT2D eigenvalue weighted by molar-refractivity contribution is 6.70. The summed E-state index contributed by atoms with van der Waals surface area (Å²) in [6.45, 7) is 10.8. The summed E-state index contributed by atoms with van der Waals surface area (Å²) in [4.78, 5) is 0. The number of allylic oxidation sites excluding steroid dienone is 1. The standard InChI is InChI=1S/C9H21O2Si3/c1-6-9-14(10-12(4)7-2)11-13(5)8-3/h6,9H,7-8H2,1-5H3. The second kappa shape index (κ2) is 8.61. The molecule has 0 amide bonds. The molecule has 0 fully saturated rings. The number of hydrogen-bond donors (Lipinski definition) is 0. The molecule has 0 aromatic carbocycles. The van der Waals surface area contributed by atoms with Crippen LogP contribution in [0.3, 0.4) is 0 Å². The normalized spacial score (nSPS) is 12.6. The minimum atomic E-state index is -1.11. The van der Waals surface area contributed by atoms with Crippen LogP contribution in [-0.2, 0) is 8.23 Å². The first-order valence-corrected chi connectivity index (χ1v) is 10.8. The van der Waals surface area contributed by atoms with E-state index in [1.54, 1.807) is 0 Å². The first kappa shape index (κ1) is 14.3. The SMILES string of the molecule is CC=C[Si](O[Si](C)CC)O[Si](C)CC.